The van der Waals surface area contributed by atoms with Crippen molar-refractivity contribution in [2.75, 3.05) is 6.61 Å². The number of halogens is 1. The summed E-state index contributed by atoms with van der Waals surface area (Å²) in [5.74, 6) is 0. The van der Waals surface area contributed by atoms with Gasteiger partial charge < -0.3 is 3.83 Å². The van der Waals surface area contributed by atoms with Gasteiger partial charge in [-0.15, -0.1) is 0 Å². The van der Waals surface area contributed by atoms with Crippen molar-refractivity contribution in [2.24, 2.45) is 5.41 Å². The first-order valence-electron chi connectivity index (χ1n) is 2.30. The summed E-state index contributed by atoms with van der Waals surface area (Å²) in [6.45, 7) is 7.11. The van der Waals surface area contributed by atoms with E-state index in [-0.39, 0.29) is 5.41 Å². The Morgan fingerprint density at radius 1 is 1.43 bits per heavy atom. The van der Waals surface area contributed by atoms with Crippen LogP contribution in [0.1, 0.15) is 20.8 Å². The lowest BCUT2D eigenvalue weighted by molar-refractivity contribution is 0.239. The zero-order valence-electron chi connectivity index (χ0n) is 4.99. The number of hydrogen-bond donors (Lipinski definition) is 0. The van der Waals surface area contributed by atoms with Crippen LogP contribution in [0.4, 0.5) is 0 Å². The van der Waals surface area contributed by atoms with E-state index in [1.54, 1.807) is 0 Å². The first kappa shape index (κ1) is 7.44. The molecule has 2 heteroatoms. The molecule has 0 bridgehead atoms. The highest BCUT2D eigenvalue weighted by atomic mass is 79.9. The van der Waals surface area contributed by atoms with Gasteiger partial charge in [0.1, 0.15) is 0 Å². The molecule has 0 aromatic rings. The zero-order valence-corrected chi connectivity index (χ0v) is 6.58. The summed E-state index contributed by atoms with van der Waals surface area (Å²) in [5.41, 5.74) is 0.281. The van der Waals surface area contributed by atoms with Crippen molar-refractivity contribution in [3.63, 3.8) is 0 Å². The van der Waals surface area contributed by atoms with Crippen LogP contribution in [0.5, 0.6) is 0 Å². The maximum atomic E-state index is 4.72. The van der Waals surface area contributed by atoms with Gasteiger partial charge in [-0.3, -0.25) is 0 Å². The first-order chi connectivity index (χ1) is 3.06. The Hall–Kier alpha value is 0.440. The number of rotatable bonds is 1. The Balaban J connectivity index is 3.15. The Labute approximate surface area is 53.5 Å². The van der Waals surface area contributed by atoms with Crippen LogP contribution in [-0.2, 0) is 3.83 Å². The summed E-state index contributed by atoms with van der Waals surface area (Å²) in [4.78, 5) is 0. The standard InChI is InChI=1S/C5H11BrO/c1-5(2,3)4-7-6/h4H2,1-3H3. The molecule has 0 aliphatic rings. The van der Waals surface area contributed by atoms with E-state index in [0.29, 0.717) is 0 Å². The van der Waals surface area contributed by atoms with Crippen molar-refractivity contribution in [2.45, 2.75) is 20.8 Å². The summed E-state index contributed by atoms with van der Waals surface area (Å²) in [6, 6.07) is 0. The fourth-order valence-electron chi connectivity index (χ4n) is 0.164. The minimum atomic E-state index is 0.281. The molecule has 1 nitrogen and oxygen atoms in total. The lowest BCUT2D eigenvalue weighted by atomic mass is 9.99. The van der Waals surface area contributed by atoms with E-state index in [1.165, 1.54) is 0 Å². The van der Waals surface area contributed by atoms with Crippen LogP contribution in [0.2, 0.25) is 0 Å². The van der Waals surface area contributed by atoms with Crippen LogP contribution in [0.25, 0.3) is 0 Å². The van der Waals surface area contributed by atoms with Crippen LogP contribution >= 0.6 is 16.3 Å². The van der Waals surface area contributed by atoms with Gasteiger partial charge >= 0.3 is 0 Å². The second-order valence-electron chi connectivity index (χ2n) is 2.81. The molecule has 0 fully saturated rings. The van der Waals surface area contributed by atoms with Crippen molar-refractivity contribution in [3.8, 4) is 0 Å². The molecular weight excluding hydrogens is 156 g/mol. The summed E-state index contributed by atoms with van der Waals surface area (Å²) in [6.07, 6.45) is 0. The molecule has 0 N–H and O–H groups in total. The average molecular weight is 167 g/mol. The molecule has 0 aliphatic heterocycles. The largest absolute Gasteiger partial charge is 0.307 e. The maximum Gasteiger partial charge on any atom is 0.0988 e. The molecule has 7 heavy (non-hydrogen) atoms. The fourth-order valence-corrected chi connectivity index (χ4v) is 0.850. The third kappa shape index (κ3) is 6.44. The maximum absolute atomic E-state index is 4.72. The van der Waals surface area contributed by atoms with E-state index >= 15 is 0 Å². The third-order valence-corrected chi connectivity index (χ3v) is 0.716. The number of hydrogen-bond acceptors (Lipinski definition) is 1. The summed E-state index contributed by atoms with van der Waals surface area (Å²) < 4.78 is 4.72. The van der Waals surface area contributed by atoms with Gasteiger partial charge in [-0.1, -0.05) is 20.8 Å². The van der Waals surface area contributed by atoms with Gasteiger partial charge in [0.15, 0.2) is 0 Å². The molecule has 0 saturated carbocycles. The zero-order chi connectivity index (χ0) is 5.91. The molecule has 44 valence electrons. The highest BCUT2D eigenvalue weighted by Gasteiger charge is 2.08. The van der Waals surface area contributed by atoms with Crippen LogP contribution in [-0.4, -0.2) is 6.61 Å². The quantitative estimate of drug-likeness (QED) is 0.582. The van der Waals surface area contributed by atoms with Crippen molar-refractivity contribution in [1.82, 2.24) is 0 Å². The minimum absolute atomic E-state index is 0.281. The van der Waals surface area contributed by atoms with E-state index in [9.17, 15) is 0 Å². The second kappa shape index (κ2) is 2.68. The van der Waals surface area contributed by atoms with Gasteiger partial charge in [-0.25, -0.2) is 0 Å². The second-order valence-corrected chi connectivity index (χ2v) is 3.27. The molecule has 0 rings (SSSR count). The Bertz CT molecular complexity index is 46.5. The average Bonchev–Trinajstić information content (AvgIpc) is 1.30. The van der Waals surface area contributed by atoms with Gasteiger partial charge in [0.25, 0.3) is 0 Å². The fraction of sp³-hybridized carbons (Fsp3) is 1.00. The van der Waals surface area contributed by atoms with Crippen molar-refractivity contribution >= 4 is 16.3 Å². The van der Waals surface area contributed by atoms with Gasteiger partial charge in [-0.05, 0) is 5.41 Å². The highest BCUT2D eigenvalue weighted by Crippen LogP contribution is 2.13. The molecular formula is C5H11BrO. The highest BCUT2D eigenvalue weighted by molar-refractivity contribution is 9.06. The SMILES string of the molecule is CC(C)(C)COBr. The molecule has 0 spiro atoms. The molecule has 0 aromatic heterocycles. The topological polar surface area (TPSA) is 9.23 Å². The molecule has 0 atom stereocenters. The van der Waals surface area contributed by atoms with Crippen LogP contribution in [0.3, 0.4) is 0 Å². The summed E-state index contributed by atoms with van der Waals surface area (Å²) >= 11 is 2.89. The molecule has 0 saturated heterocycles. The lowest BCUT2D eigenvalue weighted by Crippen LogP contribution is -2.10. The van der Waals surface area contributed by atoms with E-state index in [4.69, 9.17) is 3.83 Å². The van der Waals surface area contributed by atoms with Crippen LogP contribution in [0.15, 0.2) is 0 Å². The Morgan fingerprint density at radius 3 is 1.86 bits per heavy atom. The smallest absolute Gasteiger partial charge is 0.0988 e. The van der Waals surface area contributed by atoms with Crippen molar-refractivity contribution < 1.29 is 3.83 Å². The molecule has 0 heterocycles. The van der Waals surface area contributed by atoms with Gasteiger partial charge in [0.2, 0.25) is 0 Å². The minimum Gasteiger partial charge on any atom is -0.307 e. The Kier molecular flexibility index (Phi) is 2.84. The molecule has 0 unspecified atom stereocenters. The normalized spacial score (nSPS) is 12.0. The van der Waals surface area contributed by atoms with E-state index < -0.39 is 0 Å². The van der Waals surface area contributed by atoms with E-state index in [1.807, 2.05) is 0 Å². The summed E-state index contributed by atoms with van der Waals surface area (Å²) in [7, 11) is 0. The predicted molar refractivity (Wildman–Crippen MR) is 34.3 cm³/mol. The van der Waals surface area contributed by atoms with E-state index in [0.717, 1.165) is 6.61 Å². The van der Waals surface area contributed by atoms with Gasteiger partial charge in [0.05, 0.1) is 22.9 Å². The van der Waals surface area contributed by atoms with Crippen LogP contribution in [0, 0.1) is 5.41 Å². The van der Waals surface area contributed by atoms with Crippen LogP contribution < -0.4 is 0 Å². The first-order valence-corrected chi connectivity index (χ1v) is 2.94. The van der Waals surface area contributed by atoms with Crippen molar-refractivity contribution in [3.05, 3.63) is 0 Å². The third-order valence-electron chi connectivity index (χ3n) is 0.488. The van der Waals surface area contributed by atoms with Gasteiger partial charge in [0, 0.05) is 0 Å². The summed E-state index contributed by atoms with van der Waals surface area (Å²) in [5, 5.41) is 0. The molecule has 0 aromatic carbocycles. The Morgan fingerprint density at radius 2 is 1.86 bits per heavy atom. The molecule has 0 amide bonds. The van der Waals surface area contributed by atoms with Crippen molar-refractivity contribution in [1.29, 1.82) is 0 Å². The molecule has 0 aliphatic carbocycles. The van der Waals surface area contributed by atoms with E-state index in [2.05, 4.69) is 37.0 Å². The molecule has 0 radical (unpaired) electrons. The lowest BCUT2D eigenvalue weighted by Gasteiger charge is -2.13. The monoisotopic (exact) mass is 166 g/mol. The predicted octanol–water partition coefficient (Wildman–Crippen LogP) is 2.36. The van der Waals surface area contributed by atoms with Gasteiger partial charge in [-0.2, -0.15) is 0 Å².